The summed E-state index contributed by atoms with van der Waals surface area (Å²) >= 11 is 0. The van der Waals surface area contributed by atoms with Gasteiger partial charge in [0.2, 0.25) is 0 Å². The second kappa shape index (κ2) is 8.24. The Hall–Kier alpha value is -2.86. The van der Waals surface area contributed by atoms with Crippen LogP contribution in [0.4, 0.5) is 14.5 Å². The summed E-state index contributed by atoms with van der Waals surface area (Å²) in [7, 11) is 0. The molecule has 0 radical (unpaired) electrons. The first-order chi connectivity index (χ1) is 15.5. The molecular weight excluding hydrogens is 408 g/mol. The predicted molar refractivity (Wildman–Crippen MR) is 121 cm³/mol. The predicted octanol–water partition coefficient (Wildman–Crippen LogP) is 6.52. The van der Waals surface area contributed by atoms with Crippen LogP contribution in [0.1, 0.15) is 50.5 Å². The smallest absolute Gasteiger partial charge is 0.129 e. The lowest BCUT2D eigenvalue weighted by molar-refractivity contribution is 0.220. The quantitative estimate of drug-likeness (QED) is 0.279. The summed E-state index contributed by atoms with van der Waals surface area (Å²) in [6.45, 7) is 2.09. The fourth-order valence-electron chi connectivity index (χ4n) is 5.73. The molecule has 6 heteroatoms. The number of nitrogens with one attached hydrogen (secondary N) is 1. The zero-order chi connectivity index (χ0) is 22.3. The Morgan fingerprint density at radius 2 is 1.81 bits per heavy atom. The molecule has 2 aliphatic rings. The highest BCUT2D eigenvalue weighted by Gasteiger charge is 2.57. The normalized spacial score (nSPS) is 26.3. The minimum Gasteiger partial charge on any atom is -0.290 e. The molecular formula is C26H27F2N3O. The number of rotatable bonds is 4. The number of hydroxylamine groups is 1. The lowest BCUT2D eigenvalue weighted by Crippen LogP contribution is -2.30. The SMILES string of the molecule is CC(C(=Nc1ccc(F)cc1)NO)C1CC12CCC(c1ccnc3ccc(F)cc13)CC2. The van der Waals surface area contributed by atoms with Gasteiger partial charge in [0.1, 0.15) is 17.5 Å². The van der Waals surface area contributed by atoms with Crippen molar-refractivity contribution in [2.24, 2.45) is 22.2 Å². The molecule has 2 fully saturated rings. The second-order valence-corrected chi connectivity index (χ2v) is 9.38. The standard InChI is InChI=1S/C26H27F2N3O/c1-16(25(31-32)30-20-5-2-18(27)3-6-20)23-15-26(23)11-8-17(9-12-26)21-10-13-29-24-7-4-19(28)14-22(21)24/h2-7,10,13-14,16-17,23,32H,8-9,11-12,15H2,1H3,(H,30,31). The number of nitrogens with zero attached hydrogens (tertiary/aromatic N) is 2. The maximum atomic E-state index is 13.9. The van der Waals surface area contributed by atoms with Crippen LogP contribution in [-0.4, -0.2) is 16.0 Å². The number of amidine groups is 1. The Balaban J connectivity index is 1.29. The Morgan fingerprint density at radius 1 is 1.09 bits per heavy atom. The van der Waals surface area contributed by atoms with Crippen LogP contribution in [-0.2, 0) is 0 Å². The van der Waals surface area contributed by atoms with E-state index >= 15 is 0 Å². The summed E-state index contributed by atoms with van der Waals surface area (Å²) in [6, 6.07) is 12.8. The van der Waals surface area contributed by atoms with Crippen LogP contribution >= 0.6 is 0 Å². The molecule has 1 spiro atoms. The molecule has 0 amide bonds. The van der Waals surface area contributed by atoms with Gasteiger partial charge in [0.25, 0.3) is 0 Å². The van der Waals surface area contributed by atoms with E-state index in [1.54, 1.807) is 24.3 Å². The average molecular weight is 436 g/mol. The van der Waals surface area contributed by atoms with E-state index in [0.29, 0.717) is 23.4 Å². The van der Waals surface area contributed by atoms with Crippen LogP contribution in [0.15, 0.2) is 59.7 Å². The molecule has 2 unspecified atom stereocenters. The number of halogens is 2. The fraction of sp³-hybridized carbons (Fsp3) is 0.385. The van der Waals surface area contributed by atoms with Crippen LogP contribution in [0.25, 0.3) is 10.9 Å². The topological polar surface area (TPSA) is 57.5 Å². The summed E-state index contributed by atoms with van der Waals surface area (Å²) < 4.78 is 27.0. The number of fused-ring (bicyclic) bond motifs is 1. The summed E-state index contributed by atoms with van der Waals surface area (Å²) in [5.74, 6) is 0.938. The first-order valence-corrected chi connectivity index (χ1v) is 11.3. The van der Waals surface area contributed by atoms with Crippen molar-refractivity contribution in [2.75, 3.05) is 0 Å². The molecule has 166 valence electrons. The average Bonchev–Trinajstić information content (AvgIpc) is 3.51. The van der Waals surface area contributed by atoms with Crippen LogP contribution in [0, 0.1) is 28.9 Å². The third-order valence-corrected chi connectivity index (χ3v) is 7.64. The summed E-state index contributed by atoms with van der Waals surface area (Å²) in [5, 5.41) is 10.6. The highest BCUT2D eigenvalue weighted by Crippen LogP contribution is 2.66. The highest BCUT2D eigenvalue weighted by molar-refractivity contribution is 5.86. The van der Waals surface area contributed by atoms with Crippen molar-refractivity contribution in [2.45, 2.75) is 44.9 Å². The van der Waals surface area contributed by atoms with Crippen molar-refractivity contribution >= 4 is 22.4 Å². The van der Waals surface area contributed by atoms with Gasteiger partial charge < -0.3 is 0 Å². The van der Waals surface area contributed by atoms with E-state index in [1.165, 1.54) is 23.8 Å². The highest BCUT2D eigenvalue weighted by atomic mass is 19.1. The number of benzene rings is 2. The van der Waals surface area contributed by atoms with Crippen LogP contribution in [0.3, 0.4) is 0 Å². The van der Waals surface area contributed by atoms with Gasteiger partial charge in [0.15, 0.2) is 0 Å². The van der Waals surface area contributed by atoms with Crippen molar-refractivity contribution in [1.29, 1.82) is 0 Å². The van der Waals surface area contributed by atoms with Crippen molar-refractivity contribution in [3.8, 4) is 0 Å². The minimum absolute atomic E-state index is 0.0810. The van der Waals surface area contributed by atoms with E-state index in [-0.39, 0.29) is 23.0 Å². The van der Waals surface area contributed by atoms with Crippen molar-refractivity contribution in [1.82, 2.24) is 10.5 Å². The van der Waals surface area contributed by atoms with E-state index in [4.69, 9.17) is 0 Å². The van der Waals surface area contributed by atoms with E-state index in [1.807, 2.05) is 12.3 Å². The Labute approximate surface area is 186 Å². The van der Waals surface area contributed by atoms with Crippen LogP contribution in [0.5, 0.6) is 0 Å². The lowest BCUT2D eigenvalue weighted by atomic mass is 9.74. The summed E-state index contributed by atoms with van der Waals surface area (Å²) in [6.07, 6.45) is 7.30. The van der Waals surface area contributed by atoms with Crippen molar-refractivity contribution < 1.29 is 14.0 Å². The van der Waals surface area contributed by atoms with Gasteiger partial charge in [0, 0.05) is 17.5 Å². The number of hydrogen-bond donors (Lipinski definition) is 2. The number of aromatic nitrogens is 1. The molecule has 5 rings (SSSR count). The first kappa shape index (κ1) is 21.0. The maximum Gasteiger partial charge on any atom is 0.129 e. The Morgan fingerprint density at radius 3 is 2.53 bits per heavy atom. The molecule has 2 N–H and O–H groups in total. The molecule has 2 aliphatic carbocycles. The molecule has 1 heterocycles. The molecule has 3 aromatic rings. The van der Waals surface area contributed by atoms with Gasteiger partial charge in [0.05, 0.1) is 11.2 Å². The van der Waals surface area contributed by atoms with Gasteiger partial charge in [-0.2, -0.15) is 0 Å². The number of aliphatic imine (C=N–C) groups is 1. The van der Waals surface area contributed by atoms with E-state index < -0.39 is 0 Å². The largest absolute Gasteiger partial charge is 0.290 e. The molecule has 4 nitrogen and oxygen atoms in total. The second-order valence-electron chi connectivity index (χ2n) is 9.38. The maximum absolute atomic E-state index is 13.9. The van der Waals surface area contributed by atoms with Crippen molar-refractivity contribution in [3.05, 3.63) is 71.9 Å². The van der Waals surface area contributed by atoms with E-state index in [0.717, 1.165) is 43.0 Å². The van der Waals surface area contributed by atoms with Gasteiger partial charge in [-0.3, -0.25) is 15.7 Å². The van der Waals surface area contributed by atoms with Gasteiger partial charge in [-0.25, -0.2) is 13.8 Å². The molecule has 0 bridgehead atoms. The fourth-order valence-corrected chi connectivity index (χ4v) is 5.73. The lowest BCUT2D eigenvalue weighted by Gasteiger charge is -2.31. The zero-order valence-corrected chi connectivity index (χ0v) is 18.1. The third-order valence-electron chi connectivity index (χ3n) is 7.64. The van der Waals surface area contributed by atoms with Crippen LogP contribution in [0.2, 0.25) is 0 Å². The third kappa shape index (κ3) is 3.88. The van der Waals surface area contributed by atoms with Crippen LogP contribution < -0.4 is 5.48 Å². The summed E-state index contributed by atoms with van der Waals surface area (Å²) in [4.78, 5) is 8.90. The minimum atomic E-state index is -0.307. The van der Waals surface area contributed by atoms with E-state index in [2.05, 4.69) is 22.4 Å². The van der Waals surface area contributed by atoms with Crippen molar-refractivity contribution in [3.63, 3.8) is 0 Å². The zero-order valence-electron chi connectivity index (χ0n) is 18.1. The Kier molecular flexibility index (Phi) is 5.41. The molecule has 1 aromatic heterocycles. The first-order valence-electron chi connectivity index (χ1n) is 11.3. The number of pyridine rings is 1. The molecule has 2 atom stereocenters. The van der Waals surface area contributed by atoms with Gasteiger partial charge in [-0.1, -0.05) is 6.92 Å². The van der Waals surface area contributed by atoms with Gasteiger partial charge in [-0.05, 0) is 103 Å². The monoisotopic (exact) mass is 435 g/mol. The van der Waals surface area contributed by atoms with Gasteiger partial charge in [-0.15, -0.1) is 0 Å². The molecule has 2 saturated carbocycles. The van der Waals surface area contributed by atoms with E-state index in [9.17, 15) is 14.0 Å². The Bertz CT molecular complexity index is 1150. The molecule has 0 saturated heterocycles. The summed E-state index contributed by atoms with van der Waals surface area (Å²) in [5.41, 5.74) is 5.22. The molecule has 0 aliphatic heterocycles. The molecule has 32 heavy (non-hydrogen) atoms. The molecule has 2 aromatic carbocycles. The van der Waals surface area contributed by atoms with Gasteiger partial charge >= 0.3 is 0 Å². The number of hydrogen-bond acceptors (Lipinski definition) is 3.